The van der Waals surface area contributed by atoms with Crippen molar-refractivity contribution in [2.24, 2.45) is 5.29 Å². The topological polar surface area (TPSA) is 205 Å². The number of alkyl halides is 1. The van der Waals surface area contributed by atoms with Gasteiger partial charge in [0.25, 0.3) is 0 Å². The standard InChI is InChI=1S/C26H33ClN4O12/c1-14(32)39-13-20-22(40-15(2)33)23(41-16(3)34)21(25(43-20)42-17(4)35)29-24(36)19(12-18-8-6-5-7-9-18)28-26(37)31(30-38)11-10-27/h5-9,19-23,25H,10-13H2,1-4H3,(H,28,37)(H,29,36). The van der Waals surface area contributed by atoms with Crippen molar-refractivity contribution in [1.29, 1.82) is 0 Å². The molecule has 1 aromatic rings. The van der Waals surface area contributed by atoms with Gasteiger partial charge in [-0.3, -0.25) is 24.0 Å². The number of halogens is 1. The van der Waals surface area contributed by atoms with Gasteiger partial charge in [-0.25, -0.2) is 4.79 Å². The summed E-state index contributed by atoms with van der Waals surface area (Å²) >= 11 is 5.63. The molecule has 1 aliphatic heterocycles. The summed E-state index contributed by atoms with van der Waals surface area (Å²) in [6.07, 6.45) is -5.99. The van der Waals surface area contributed by atoms with E-state index in [4.69, 9.17) is 35.3 Å². The van der Waals surface area contributed by atoms with Crippen molar-refractivity contribution in [1.82, 2.24) is 15.6 Å². The van der Waals surface area contributed by atoms with E-state index in [1.165, 1.54) is 0 Å². The Balaban J connectivity index is 2.50. The minimum Gasteiger partial charge on any atom is -0.463 e. The first-order valence-corrected chi connectivity index (χ1v) is 13.5. The summed E-state index contributed by atoms with van der Waals surface area (Å²) < 4.78 is 26.8. The van der Waals surface area contributed by atoms with Crippen molar-refractivity contribution in [3.63, 3.8) is 0 Å². The lowest BCUT2D eigenvalue weighted by Crippen LogP contribution is -2.68. The van der Waals surface area contributed by atoms with Crippen LogP contribution in [0.1, 0.15) is 33.3 Å². The SMILES string of the molecule is CC(=O)OCC1OC(OC(C)=O)C(NC(=O)C(Cc2ccccc2)NC(=O)N(CCCl)N=O)C(OC(C)=O)C1OC(C)=O. The number of benzene rings is 1. The third-order valence-corrected chi connectivity index (χ3v) is 5.99. The van der Waals surface area contributed by atoms with Crippen LogP contribution in [-0.4, -0.2) is 96.5 Å². The molecule has 1 heterocycles. The average Bonchev–Trinajstić information content (AvgIpc) is 2.93. The van der Waals surface area contributed by atoms with E-state index in [1.54, 1.807) is 30.3 Å². The Hall–Kier alpha value is -4.31. The van der Waals surface area contributed by atoms with Crippen LogP contribution in [0.2, 0.25) is 0 Å². The van der Waals surface area contributed by atoms with Crippen LogP contribution in [0.15, 0.2) is 35.6 Å². The van der Waals surface area contributed by atoms with Crippen LogP contribution in [-0.2, 0) is 54.1 Å². The maximum Gasteiger partial charge on any atom is 0.341 e. The summed E-state index contributed by atoms with van der Waals surface area (Å²) in [5.74, 6) is -4.26. The van der Waals surface area contributed by atoms with E-state index in [2.05, 4.69) is 15.9 Å². The van der Waals surface area contributed by atoms with Crippen molar-refractivity contribution in [2.75, 3.05) is 19.0 Å². The Morgan fingerprint density at radius 3 is 2.07 bits per heavy atom. The van der Waals surface area contributed by atoms with Crippen LogP contribution in [0.3, 0.4) is 0 Å². The molecule has 6 unspecified atom stereocenters. The van der Waals surface area contributed by atoms with Crippen LogP contribution >= 0.6 is 11.6 Å². The third-order valence-electron chi connectivity index (χ3n) is 5.82. The fourth-order valence-electron chi connectivity index (χ4n) is 4.13. The molecule has 236 valence electrons. The van der Waals surface area contributed by atoms with Crippen LogP contribution in [0.4, 0.5) is 4.79 Å². The lowest BCUT2D eigenvalue weighted by Gasteiger charge is -2.44. The average molecular weight is 629 g/mol. The molecule has 2 N–H and O–H groups in total. The van der Waals surface area contributed by atoms with Gasteiger partial charge in [-0.2, -0.15) is 5.01 Å². The molecule has 1 aliphatic rings. The maximum atomic E-state index is 13.7. The summed E-state index contributed by atoms with van der Waals surface area (Å²) in [6.45, 7) is 3.55. The molecule has 0 aromatic heterocycles. The number of amides is 3. The van der Waals surface area contributed by atoms with E-state index in [1.807, 2.05) is 0 Å². The molecule has 0 aliphatic carbocycles. The van der Waals surface area contributed by atoms with Crippen LogP contribution < -0.4 is 10.6 Å². The number of esters is 4. The molecular formula is C26H33ClN4O12. The van der Waals surface area contributed by atoms with Crippen LogP contribution in [0, 0.1) is 4.91 Å². The number of nitrogens with zero attached hydrogens (tertiary/aromatic N) is 2. The number of rotatable bonds is 13. The highest BCUT2D eigenvalue weighted by Crippen LogP contribution is 2.28. The van der Waals surface area contributed by atoms with Gasteiger partial charge < -0.3 is 34.3 Å². The van der Waals surface area contributed by atoms with Crippen molar-refractivity contribution in [3.8, 4) is 0 Å². The molecule has 16 nitrogen and oxygen atoms in total. The molecule has 1 saturated heterocycles. The maximum absolute atomic E-state index is 13.7. The van der Waals surface area contributed by atoms with Gasteiger partial charge in [-0.05, 0) is 5.56 Å². The Kier molecular flexibility index (Phi) is 13.8. The van der Waals surface area contributed by atoms with Crippen molar-refractivity contribution in [2.45, 2.75) is 70.8 Å². The Morgan fingerprint density at radius 1 is 0.930 bits per heavy atom. The summed E-state index contributed by atoms with van der Waals surface area (Å²) in [5.41, 5.74) is 0.609. The highest BCUT2D eigenvalue weighted by molar-refractivity contribution is 6.18. The number of nitrogens with one attached hydrogen (secondary N) is 2. The number of hydrogen-bond acceptors (Lipinski definition) is 13. The first-order chi connectivity index (χ1) is 20.4. The van der Waals surface area contributed by atoms with Gasteiger partial charge in [-0.15, -0.1) is 16.5 Å². The predicted molar refractivity (Wildman–Crippen MR) is 146 cm³/mol. The van der Waals surface area contributed by atoms with Crippen molar-refractivity contribution in [3.05, 3.63) is 40.8 Å². The zero-order chi connectivity index (χ0) is 32.1. The Morgan fingerprint density at radius 2 is 1.53 bits per heavy atom. The molecular weight excluding hydrogens is 596 g/mol. The normalized spacial score (nSPS) is 21.7. The summed E-state index contributed by atoms with van der Waals surface area (Å²) in [6, 6.07) is 4.62. The fourth-order valence-corrected chi connectivity index (χ4v) is 4.29. The molecule has 17 heteroatoms. The van der Waals surface area contributed by atoms with E-state index >= 15 is 0 Å². The zero-order valence-corrected chi connectivity index (χ0v) is 24.6. The molecule has 0 saturated carbocycles. The van der Waals surface area contributed by atoms with Gasteiger partial charge in [0.2, 0.25) is 12.2 Å². The lowest BCUT2D eigenvalue weighted by molar-refractivity contribution is -0.271. The smallest absolute Gasteiger partial charge is 0.341 e. The van der Waals surface area contributed by atoms with E-state index in [9.17, 15) is 33.7 Å². The minimum atomic E-state index is -1.64. The fraction of sp³-hybridized carbons (Fsp3) is 0.538. The Bertz CT molecular complexity index is 1170. The lowest BCUT2D eigenvalue weighted by atomic mass is 9.95. The second kappa shape index (κ2) is 17.0. The second-order valence-corrected chi connectivity index (χ2v) is 9.60. The number of nitroso groups, excluding NO2 is 1. The van der Waals surface area contributed by atoms with Crippen molar-refractivity contribution < 1.29 is 52.5 Å². The van der Waals surface area contributed by atoms with E-state index in [0.717, 1.165) is 27.7 Å². The first kappa shape index (κ1) is 34.9. The third kappa shape index (κ3) is 11.1. The van der Waals surface area contributed by atoms with E-state index in [0.29, 0.717) is 10.6 Å². The molecule has 6 atom stereocenters. The molecule has 3 amide bonds. The molecule has 0 radical (unpaired) electrons. The summed E-state index contributed by atoms with van der Waals surface area (Å²) in [7, 11) is 0. The van der Waals surface area contributed by atoms with Gasteiger partial charge in [0, 0.05) is 40.0 Å². The minimum absolute atomic E-state index is 0.0848. The monoisotopic (exact) mass is 628 g/mol. The van der Waals surface area contributed by atoms with E-state index < -0.39 is 79.1 Å². The summed E-state index contributed by atoms with van der Waals surface area (Å²) in [5, 5.41) is 8.06. The van der Waals surface area contributed by atoms with Gasteiger partial charge in [-0.1, -0.05) is 30.3 Å². The highest BCUT2D eigenvalue weighted by atomic mass is 35.5. The molecule has 43 heavy (non-hydrogen) atoms. The van der Waals surface area contributed by atoms with E-state index in [-0.39, 0.29) is 18.8 Å². The molecule has 2 rings (SSSR count). The molecule has 1 fully saturated rings. The number of urea groups is 1. The first-order valence-electron chi connectivity index (χ1n) is 13.0. The largest absolute Gasteiger partial charge is 0.463 e. The number of ether oxygens (including phenoxy) is 5. The molecule has 0 spiro atoms. The van der Waals surface area contributed by atoms with Gasteiger partial charge in [0.1, 0.15) is 24.8 Å². The van der Waals surface area contributed by atoms with Crippen LogP contribution in [0.5, 0.6) is 0 Å². The number of hydrogen-bond donors (Lipinski definition) is 2. The van der Waals surface area contributed by atoms with Gasteiger partial charge in [0.15, 0.2) is 12.2 Å². The molecule has 1 aromatic carbocycles. The highest BCUT2D eigenvalue weighted by Gasteiger charge is 2.52. The summed E-state index contributed by atoms with van der Waals surface area (Å²) in [4.78, 5) is 85.2. The zero-order valence-electron chi connectivity index (χ0n) is 23.9. The van der Waals surface area contributed by atoms with Gasteiger partial charge >= 0.3 is 29.9 Å². The predicted octanol–water partition coefficient (Wildman–Crippen LogP) is 0.729. The van der Waals surface area contributed by atoms with Gasteiger partial charge in [0.05, 0.1) is 11.8 Å². The second-order valence-electron chi connectivity index (χ2n) is 9.22. The Labute approximate surface area is 251 Å². The number of carbonyl (C=O) groups is 6. The van der Waals surface area contributed by atoms with Crippen molar-refractivity contribution >= 4 is 47.4 Å². The van der Waals surface area contributed by atoms with Crippen LogP contribution in [0.25, 0.3) is 0 Å². The molecule has 0 bridgehead atoms. The quantitative estimate of drug-likeness (QED) is 0.102. The number of carbonyl (C=O) groups excluding carboxylic acids is 6.